The summed E-state index contributed by atoms with van der Waals surface area (Å²) in [4.78, 5) is 14.3. The van der Waals surface area contributed by atoms with Gasteiger partial charge in [-0.1, -0.05) is 13.8 Å². The SMILES string of the molecule is COc1ccc(F)cc1-c1cc(C(=O)O)c(C(C)C)[nH]1. The van der Waals surface area contributed by atoms with Gasteiger partial charge in [-0.3, -0.25) is 0 Å². The van der Waals surface area contributed by atoms with Crippen LogP contribution in [0.2, 0.25) is 0 Å². The van der Waals surface area contributed by atoms with Crippen molar-refractivity contribution >= 4 is 5.97 Å². The molecule has 2 aromatic rings. The average molecular weight is 277 g/mol. The van der Waals surface area contributed by atoms with E-state index in [1.165, 1.54) is 31.4 Å². The molecule has 0 bridgehead atoms. The molecule has 1 heterocycles. The van der Waals surface area contributed by atoms with Crippen molar-refractivity contribution in [2.45, 2.75) is 19.8 Å². The lowest BCUT2D eigenvalue weighted by molar-refractivity contribution is 0.0695. The van der Waals surface area contributed by atoms with Gasteiger partial charge in [0, 0.05) is 11.3 Å². The number of methoxy groups -OCH3 is 1. The van der Waals surface area contributed by atoms with Crippen molar-refractivity contribution in [3.05, 3.63) is 41.3 Å². The first kappa shape index (κ1) is 14.1. The highest BCUT2D eigenvalue weighted by Crippen LogP contribution is 2.33. The van der Waals surface area contributed by atoms with Crippen molar-refractivity contribution in [3.8, 4) is 17.0 Å². The first-order valence-electron chi connectivity index (χ1n) is 6.24. The normalized spacial score (nSPS) is 10.8. The van der Waals surface area contributed by atoms with Gasteiger partial charge >= 0.3 is 5.97 Å². The van der Waals surface area contributed by atoms with E-state index in [0.717, 1.165) is 0 Å². The summed E-state index contributed by atoms with van der Waals surface area (Å²) in [6, 6.07) is 5.64. The Morgan fingerprint density at radius 1 is 1.35 bits per heavy atom. The zero-order chi connectivity index (χ0) is 14.9. The molecule has 0 saturated carbocycles. The molecular formula is C15H16FNO3. The first-order chi connectivity index (χ1) is 9.43. The van der Waals surface area contributed by atoms with Crippen LogP contribution < -0.4 is 4.74 Å². The maximum absolute atomic E-state index is 13.4. The second-order valence-corrected chi connectivity index (χ2v) is 4.81. The lowest BCUT2D eigenvalue weighted by Gasteiger charge is -2.07. The number of aromatic amines is 1. The number of carbonyl (C=O) groups is 1. The van der Waals surface area contributed by atoms with Crippen LogP contribution in [0.1, 0.15) is 35.8 Å². The maximum atomic E-state index is 13.4. The summed E-state index contributed by atoms with van der Waals surface area (Å²) in [5.41, 5.74) is 1.84. The van der Waals surface area contributed by atoms with Gasteiger partial charge in [0.05, 0.1) is 18.4 Å². The van der Waals surface area contributed by atoms with Crippen LogP contribution in [0, 0.1) is 5.82 Å². The third kappa shape index (κ3) is 2.52. The lowest BCUT2D eigenvalue weighted by Crippen LogP contribution is -2.01. The van der Waals surface area contributed by atoms with Crippen LogP contribution in [-0.4, -0.2) is 23.2 Å². The molecule has 0 fully saturated rings. The number of halogens is 1. The second-order valence-electron chi connectivity index (χ2n) is 4.81. The molecule has 2 rings (SSSR count). The molecule has 0 aliphatic rings. The van der Waals surface area contributed by atoms with E-state index < -0.39 is 11.8 Å². The molecule has 1 aromatic carbocycles. The number of benzene rings is 1. The third-order valence-corrected chi connectivity index (χ3v) is 3.11. The fourth-order valence-corrected chi connectivity index (χ4v) is 2.14. The van der Waals surface area contributed by atoms with E-state index in [1.54, 1.807) is 0 Å². The van der Waals surface area contributed by atoms with Crippen molar-refractivity contribution in [3.63, 3.8) is 0 Å². The minimum Gasteiger partial charge on any atom is -0.496 e. The number of nitrogens with one attached hydrogen (secondary N) is 1. The molecular weight excluding hydrogens is 261 g/mol. The molecule has 0 amide bonds. The Morgan fingerprint density at radius 2 is 2.05 bits per heavy atom. The smallest absolute Gasteiger partial charge is 0.337 e. The Bertz CT molecular complexity index is 647. The van der Waals surface area contributed by atoms with E-state index >= 15 is 0 Å². The summed E-state index contributed by atoms with van der Waals surface area (Å²) in [6.07, 6.45) is 0. The summed E-state index contributed by atoms with van der Waals surface area (Å²) in [5.74, 6) is -0.903. The van der Waals surface area contributed by atoms with Gasteiger partial charge in [0.25, 0.3) is 0 Å². The Balaban J connectivity index is 2.61. The van der Waals surface area contributed by atoms with Gasteiger partial charge in [-0.25, -0.2) is 9.18 Å². The zero-order valence-electron chi connectivity index (χ0n) is 11.5. The first-order valence-corrected chi connectivity index (χ1v) is 6.24. The average Bonchev–Trinajstić information content (AvgIpc) is 2.83. The number of H-pyrrole nitrogens is 1. The lowest BCUT2D eigenvalue weighted by atomic mass is 10.1. The molecule has 0 atom stereocenters. The molecule has 4 nitrogen and oxygen atoms in total. The molecule has 1 aromatic heterocycles. The van der Waals surface area contributed by atoms with Crippen molar-refractivity contribution in [2.24, 2.45) is 0 Å². The molecule has 0 spiro atoms. The Morgan fingerprint density at radius 3 is 2.55 bits per heavy atom. The molecule has 0 saturated heterocycles. The molecule has 0 unspecified atom stereocenters. The van der Waals surface area contributed by atoms with Gasteiger partial charge in [-0.05, 0) is 30.2 Å². The van der Waals surface area contributed by atoms with E-state index in [4.69, 9.17) is 4.74 Å². The zero-order valence-corrected chi connectivity index (χ0v) is 11.5. The molecule has 0 aliphatic heterocycles. The molecule has 5 heteroatoms. The molecule has 2 N–H and O–H groups in total. The van der Waals surface area contributed by atoms with E-state index in [0.29, 0.717) is 22.7 Å². The third-order valence-electron chi connectivity index (χ3n) is 3.11. The molecule has 0 radical (unpaired) electrons. The molecule has 20 heavy (non-hydrogen) atoms. The highest BCUT2D eigenvalue weighted by atomic mass is 19.1. The fourth-order valence-electron chi connectivity index (χ4n) is 2.14. The predicted molar refractivity (Wildman–Crippen MR) is 73.8 cm³/mol. The standard InChI is InChI=1S/C15H16FNO3/c1-8(2)14-11(15(18)19)7-12(17-14)10-6-9(16)4-5-13(10)20-3/h4-8,17H,1-3H3,(H,18,19). The van der Waals surface area contributed by atoms with Crippen LogP contribution >= 0.6 is 0 Å². The number of ether oxygens (including phenoxy) is 1. The summed E-state index contributed by atoms with van der Waals surface area (Å²) < 4.78 is 18.6. The van der Waals surface area contributed by atoms with Crippen LogP contribution in [0.4, 0.5) is 4.39 Å². The Labute approximate surface area is 116 Å². The number of hydrogen-bond acceptors (Lipinski definition) is 2. The van der Waals surface area contributed by atoms with E-state index in [-0.39, 0.29) is 11.5 Å². The second kappa shape index (κ2) is 5.36. The Kier molecular flexibility index (Phi) is 3.79. The number of carboxylic acids is 1. The predicted octanol–water partition coefficient (Wildman–Crippen LogP) is 3.65. The van der Waals surface area contributed by atoms with Crippen molar-refractivity contribution < 1.29 is 19.0 Å². The summed E-state index contributed by atoms with van der Waals surface area (Å²) in [5, 5.41) is 9.23. The summed E-state index contributed by atoms with van der Waals surface area (Å²) in [6.45, 7) is 3.79. The van der Waals surface area contributed by atoms with Crippen molar-refractivity contribution in [1.29, 1.82) is 0 Å². The minimum absolute atomic E-state index is 0.0226. The van der Waals surface area contributed by atoms with Gasteiger partial charge in [-0.2, -0.15) is 0 Å². The van der Waals surface area contributed by atoms with Crippen molar-refractivity contribution in [2.75, 3.05) is 7.11 Å². The van der Waals surface area contributed by atoms with Gasteiger partial charge < -0.3 is 14.8 Å². The number of aromatic carboxylic acids is 1. The van der Waals surface area contributed by atoms with Crippen LogP contribution in [0.25, 0.3) is 11.3 Å². The van der Waals surface area contributed by atoms with Crippen LogP contribution in [-0.2, 0) is 0 Å². The van der Waals surface area contributed by atoms with Gasteiger partial charge in [0.2, 0.25) is 0 Å². The number of carboxylic acid groups (broad SMARTS) is 1. The monoisotopic (exact) mass is 277 g/mol. The number of hydrogen-bond donors (Lipinski definition) is 2. The van der Waals surface area contributed by atoms with Crippen molar-refractivity contribution in [1.82, 2.24) is 4.98 Å². The van der Waals surface area contributed by atoms with Gasteiger partial charge in [-0.15, -0.1) is 0 Å². The van der Waals surface area contributed by atoms with Crippen LogP contribution in [0.5, 0.6) is 5.75 Å². The highest BCUT2D eigenvalue weighted by Gasteiger charge is 2.19. The number of rotatable bonds is 4. The van der Waals surface area contributed by atoms with Crippen LogP contribution in [0.15, 0.2) is 24.3 Å². The summed E-state index contributed by atoms with van der Waals surface area (Å²) >= 11 is 0. The molecule has 106 valence electrons. The molecule has 0 aliphatic carbocycles. The van der Waals surface area contributed by atoms with E-state index in [1.807, 2.05) is 13.8 Å². The Hall–Kier alpha value is -2.30. The topological polar surface area (TPSA) is 62.3 Å². The fraction of sp³-hybridized carbons (Fsp3) is 0.267. The largest absolute Gasteiger partial charge is 0.496 e. The quantitative estimate of drug-likeness (QED) is 0.896. The van der Waals surface area contributed by atoms with Gasteiger partial charge in [0.1, 0.15) is 11.6 Å². The minimum atomic E-state index is -1.01. The van der Waals surface area contributed by atoms with E-state index in [2.05, 4.69) is 4.98 Å². The number of aromatic nitrogens is 1. The summed E-state index contributed by atoms with van der Waals surface area (Å²) in [7, 11) is 1.49. The van der Waals surface area contributed by atoms with E-state index in [9.17, 15) is 14.3 Å². The highest BCUT2D eigenvalue weighted by molar-refractivity contribution is 5.91. The van der Waals surface area contributed by atoms with Gasteiger partial charge in [0.15, 0.2) is 0 Å². The maximum Gasteiger partial charge on any atom is 0.337 e. The van der Waals surface area contributed by atoms with Crippen LogP contribution in [0.3, 0.4) is 0 Å².